The van der Waals surface area contributed by atoms with E-state index in [2.05, 4.69) is 196 Å². The maximum absolute atomic E-state index is 14.8. The fraction of sp³-hybridized carbons (Fsp3) is 0.0300. The molecule has 15 aromatic carbocycles. The summed E-state index contributed by atoms with van der Waals surface area (Å²) in [5.74, 6) is 2.64. The van der Waals surface area contributed by atoms with Crippen LogP contribution in [0.1, 0.15) is 25.0 Å². The Morgan fingerprint density at radius 1 is 0.202 bits per heavy atom. The van der Waals surface area contributed by atoms with Crippen LogP contribution in [0.5, 0.6) is 0 Å². The summed E-state index contributed by atoms with van der Waals surface area (Å²) in [5, 5.41) is 4.97. The Balaban J connectivity index is 0.000000162. The Hall–Kier alpha value is -13.2. The van der Waals surface area contributed by atoms with Gasteiger partial charge in [-0.05, 0) is 72.8 Å². The van der Waals surface area contributed by atoms with Gasteiger partial charge in [0.25, 0.3) is 0 Å². The smallest absolute Gasteiger partial charge is 0.171 e. The Morgan fingerprint density at radius 3 is 0.807 bits per heavy atom. The summed E-state index contributed by atoms with van der Waals surface area (Å²) < 4.78 is 29.6. The summed E-state index contributed by atoms with van der Waals surface area (Å²) in [6.07, 6.45) is 0. The van der Waals surface area contributed by atoms with Crippen molar-refractivity contribution in [2.75, 3.05) is 0 Å². The number of fused-ring (bicyclic) bond motifs is 3. The van der Waals surface area contributed by atoms with Crippen LogP contribution in [0.15, 0.2) is 406 Å². The molecule has 0 fully saturated rings. The molecule has 0 unspecified atom stereocenters. The fourth-order valence-electron chi connectivity index (χ4n) is 14.9. The first-order valence-electron chi connectivity index (χ1n) is 36.6. The van der Waals surface area contributed by atoms with E-state index in [4.69, 9.17) is 24.9 Å². The SMILES string of the molecule is CC1(C)c2ccccc2-c2c(-c3nc(-c4ccccc4)nc(-c4ccc(-c5ccc(-c6ccc(P(=O)(c7ccccc7)c7ccccc7)cc6)cc5)cc4)n3)cccc21.O=P(c1ccccc1)(c1ccccc1)c1ccc(-c2ccc(-c3ccc(-c4cc(-c5ccccc5)nc(-c5ccccc5)n4)cc3)cc2)cc1. The van der Waals surface area contributed by atoms with E-state index < -0.39 is 14.3 Å². The Bertz CT molecular complexity index is 6010. The number of benzene rings is 15. The highest BCUT2D eigenvalue weighted by atomic mass is 31.2. The molecular weight excluding hydrogens is 1370 g/mol. The third-order valence-corrected chi connectivity index (χ3v) is 26.9. The van der Waals surface area contributed by atoms with Crippen molar-refractivity contribution in [2.45, 2.75) is 19.3 Å². The zero-order chi connectivity index (χ0) is 73.7. The van der Waals surface area contributed by atoms with Crippen LogP contribution in [0.3, 0.4) is 0 Å². The van der Waals surface area contributed by atoms with Crippen LogP contribution in [0, 0.1) is 0 Å². The highest BCUT2D eigenvalue weighted by Gasteiger charge is 2.38. The van der Waals surface area contributed by atoms with Gasteiger partial charge in [0.2, 0.25) is 0 Å². The molecule has 1 aliphatic rings. The van der Waals surface area contributed by atoms with Crippen molar-refractivity contribution < 1.29 is 9.13 Å². The first kappa shape index (κ1) is 68.9. The molecule has 0 spiro atoms. The second-order valence-corrected chi connectivity index (χ2v) is 33.3. The minimum Gasteiger partial charge on any atom is -0.309 e. The van der Waals surface area contributed by atoms with Crippen LogP contribution >= 0.6 is 14.3 Å². The monoisotopic (exact) mass is 1440 g/mol. The topological polar surface area (TPSA) is 98.6 Å². The summed E-state index contributed by atoms with van der Waals surface area (Å²) in [7, 11) is -6.04. The first-order chi connectivity index (χ1) is 53.5. The standard InChI is InChI=1S/C54H40N3OP.C46H33N2OP/c1-54(2)48-23-13-12-21-46(48)50-47(22-14-24-49(50)54)53-56-51(41-15-6-3-7-16-41)55-52(57-53)42-31-29-39(30-32-42)37-25-27-38(28-26-37)40-33-35-45(36-34-40)59(58,43-17-8-4-9-18-43)44-19-10-5-11-20-44;49-50(41-17-9-3-10-18-41,42-19-11-4-12-20-42)43-31-29-37(30-32-43)35-23-21-34(22-24-35)36-25-27-39(28-26-36)45-33-44(38-13-5-1-6-14-38)47-46(48-45)40-15-7-2-8-16-40/h3-36H,1-2H3;1-33H. The van der Waals surface area contributed by atoms with E-state index in [1.54, 1.807) is 0 Å². The predicted octanol–water partition coefficient (Wildman–Crippen LogP) is 22.6. The van der Waals surface area contributed by atoms with Gasteiger partial charge in [0, 0.05) is 70.6 Å². The highest BCUT2D eigenvalue weighted by molar-refractivity contribution is 7.85. The Labute approximate surface area is 636 Å². The second-order valence-electron chi connectivity index (χ2n) is 27.7. The van der Waals surface area contributed by atoms with Gasteiger partial charge in [-0.1, -0.05) is 414 Å². The fourth-order valence-corrected chi connectivity index (χ4v) is 20.2. The molecular formula is C100H73N5O2P2. The molecule has 2 heterocycles. The quantitative estimate of drug-likeness (QED) is 0.0889. The molecule has 18 rings (SSSR count). The summed E-state index contributed by atoms with van der Waals surface area (Å²) in [6.45, 7) is 4.59. The molecule has 0 saturated heterocycles. The van der Waals surface area contributed by atoms with Crippen LogP contribution in [-0.2, 0) is 14.5 Å². The van der Waals surface area contributed by atoms with E-state index in [0.717, 1.165) is 121 Å². The molecule has 1 aliphatic carbocycles. The van der Waals surface area contributed by atoms with Crippen LogP contribution in [0.4, 0.5) is 0 Å². The van der Waals surface area contributed by atoms with Gasteiger partial charge in [0.15, 0.2) is 37.6 Å². The maximum Gasteiger partial charge on any atom is 0.171 e. The maximum atomic E-state index is 14.8. The van der Waals surface area contributed by atoms with Gasteiger partial charge >= 0.3 is 0 Å². The van der Waals surface area contributed by atoms with E-state index in [1.165, 1.54) is 22.3 Å². The van der Waals surface area contributed by atoms with Crippen molar-refractivity contribution in [1.29, 1.82) is 0 Å². The number of rotatable bonds is 16. The van der Waals surface area contributed by atoms with E-state index in [9.17, 15) is 9.13 Å². The average Bonchev–Trinajstić information content (AvgIpc) is 1.52. The minimum absolute atomic E-state index is 0.129. The number of hydrogen-bond acceptors (Lipinski definition) is 7. The van der Waals surface area contributed by atoms with Gasteiger partial charge in [-0.3, -0.25) is 0 Å². The van der Waals surface area contributed by atoms with Crippen LogP contribution in [0.2, 0.25) is 0 Å². The van der Waals surface area contributed by atoms with E-state index >= 15 is 0 Å². The summed E-state index contributed by atoms with van der Waals surface area (Å²) in [4.78, 5) is 25.2. The lowest BCUT2D eigenvalue weighted by molar-refractivity contribution is 0.591. The molecule has 0 bridgehead atoms. The third kappa shape index (κ3) is 13.8. The molecule has 0 aliphatic heterocycles. The second kappa shape index (κ2) is 30.0. The molecule has 7 nitrogen and oxygen atoms in total. The van der Waals surface area contributed by atoms with E-state index in [-0.39, 0.29) is 5.41 Å². The van der Waals surface area contributed by atoms with Crippen molar-refractivity contribution in [3.05, 3.63) is 418 Å². The molecule has 109 heavy (non-hydrogen) atoms. The largest absolute Gasteiger partial charge is 0.309 e. The van der Waals surface area contributed by atoms with E-state index in [1.807, 2.05) is 224 Å². The van der Waals surface area contributed by atoms with Crippen LogP contribution in [0.25, 0.3) is 124 Å². The molecule has 9 heteroatoms. The van der Waals surface area contributed by atoms with Gasteiger partial charge in [-0.15, -0.1) is 0 Å². The molecule has 0 atom stereocenters. The Morgan fingerprint density at radius 2 is 0.440 bits per heavy atom. The number of nitrogens with zero attached hydrogens (tertiary/aromatic N) is 5. The van der Waals surface area contributed by atoms with Gasteiger partial charge in [0.05, 0.1) is 11.4 Å². The Kier molecular flexibility index (Phi) is 19.0. The van der Waals surface area contributed by atoms with Crippen molar-refractivity contribution in [3.63, 3.8) is 0 Å². The summed E-state index contributed by atoms with van der Waals surface area (Å²) >= 11 is 0. The molecule has 0 saturated carbocycles. The molecule has 520 valence electrons. The highest BCUT2D eigenvalue weighted by Crippen LogP contribution is 2.52. The lowest BCUT2D eigenvalue weighted by Gasteiger charge is -2.21. The summed E-state index contributed by atoms with van der Waals surface area (Å²) in [6, 6.07) is 138. The number of hydrogen-bond donors (Lipinski definition) is 0. The lowest BCUT2D eigenvalue weighted by atomic mass is 9.82. The average molecular weight is 1440 g/mol. The molecule has 17 aromatic rings. The van der Waals surface area contributed by atoms with Crippen molar-refractivity contribution in [1.82, 2.24) is 24.9 Å². The van der Waals surface area contributed by atoms with Gasteiger partial charge in [-0.25, -0.2) is 24.9 Å². The van der Waals surface area contributed by atoms with Crippen LogP contribution in [-0.4, -0.2) is 24.9 Å². The van der Waals surface area contributed by atoms with Gasteiger partial charge in [-0.2, -0.15) is 0 Å². The van der Waals surface area contributed by atoms with E-state index in [0.29, 0.717) is 23.3 Å². The lowest BCUT2D eigenvalue weighted by Crippen LogP contribution is -2.24. The van der Waals surface area contributed by atoms with Gasteiger partial charge < -0.3 is 9.13 Å². The zero-order valence-corrected chi connectivity index (χ0v) is 61.9. The molecule has 0 radical (unpaired) electrons. The molecule has 0 N–H and O–H groups in total. The van der Waals surface area contributed by atoms with Crippen molar-refractivity contribution in [3.8, 4) is 124 Å². The van der Waals surface area contributed by atoms with Crippen molar-refractivity contribution >= 4 is 46.1 Å². The normalized spacial score (nSPS) is 12.1. The van der Waals surface area contributed by atoms with Crippen molar-refractivity contribution in [2.24, 2.45) is 0 Å². The van der Waals surface area contributed by atoms with Gasteiger partial charge in [0.1, 0.15) is 0 Å². The predicted molar refractivity (Wildman–Crippen MR) is 453 cm³/mol. The first-order valence-corrected chi connectivity index (χ1v) is 40.1. The van der Waals surface area contributed by atoms with Crippen LogP contribution < -0.4 is 31.8 Å². The molecule has 2 aromatic heterocycles. The number of aromatic nitrogens is 5. The molecule has 0 amide bonds. The summed E-state index contributed by atoms with van der Waals surface area (Å²) in [5.41, 5.74) is 21.4. The third-order valence-electron chi connectivity index (χ3n) is 20.7. The zero-order valence-electron chi connectivity index (χ0n) is 60.1. The minimum atomic E-state index is -3.03.